The number of benzene rings is 2. The van der Waals surface area contributed by atoms with Crippen molar-refractivity contribution in [3.8, 4) is 5.75 Å². The van der Waals surface area contributed by atoms with Crippen molar-refractivity contribution in [2.75, 3.05) is 12.0 Å². The Morgan fingerprint density at radius 2 is 1.70 bits per heavy atom. The quantitative estimate of drug-likeness (QED) is 0.393. The fourth-order valence-electron chi connectivity index (χ4n) is 3.69. The third-order valence-corrected chi connectivity index (χ3v) is 5.21. The Labute approximate surface area is 174 Å². The molecule has 1 aliphatic rings. The first kappa shape index (κ1) is 19.5. The number of Topliss-reactive ketones (excluding diaryl/α,β-unsaturated/α-hetero) is 1. The number of aliphatic hydroxyl groups is 1. The first-order chi connectivity index (χ1) is 14.4. The Balaban J connectivity index is 1.93. The second kappa shape index (κ2) is 7.55. The van der Waals surface area contributed by atoms with Crippen molar-refractivity contribution in [2.24, 2.45) is 0 Å². The Hall–Kier alpha value is -3.80. The van der Waals surface area contributed by atoms with Gasteiger partial charge in [-0.1, -0.05) is 18.2 Å². The van der Waals surface area contributed by atoms with Crippen LogP contribution in [0.25, 0.3) is 5.76 Å². The molecule has 30 heavy (non-hydrogen) atoms. The van der Waals surface area contributed by atoms with E-state index in [0.29, 0.717) is 28.5 Å². The lowest BCUT2D eigenvalue weighted by molar-refractivity contribution is -0.132. The van der Waals surface area contributed by atoms with Crippen molar-refractivity contribution in [1.29, 1.82) is 0 Å². The van der Waals surface area contributed by atoms with Crippen molar-refractivity contribution in [3.63, 3.8) is 0 Å². The third-order valence-electron chi connectivity index (χ3n) is 5.21. The van der Waals surface area contributed by atoms with Crippen LogP contribution in [0.1, 0.15) is 28.7 Å². The summed E-state index contributed by atoms with van der Waals surface area (Å²) in [5.41, 5.74) is 1.82. The zero-order valence-electron chi connectivity index (χ0n) is 16.9. The number of rotatable bonds is 4. The van der Waals surface area contributed by atoms with Gasteiger partial charge in [-0.2, -0.15) is 0 Å². The van der Waals surface area contributed by atoms with Crippen LogP contribution < -0.4 is 9.64 Å². The predicted octanol–water partition coefficient (Wildman–Crippen LogP) is 4.53. The first-order valence-corrected chi connectivity index (χ1v) is 9.49. The van der Waals surface area contributed by atoms with Crippen LogP contribution in [0.2, 0.25) is 0 Å². The van der Waals surface area contributed by atoms with Gasteiger partial charge < -0.3 is 14.3 Å². The minimum absolute atomic E-state index is 0.0113. The molecule has 1 N–H and O–H groups in total. The average molecular weight is 403 g/mol. The van der Waals surface area contributed by atoms with Crippen molar-refractivity contribution in [3.05, 3.63) is 88.9 Å². The van der Waals surface area contributed by atoms with Crippen molar-refractivity contribution < 1.29 is 23.8 Å². The van der Waals surface area contributed by atoms with E-state index in [1.54, 1.807) is 62.6 Å². The van der Waals surface area contributed by atoms with Gasteiger partial charge in [-0.25, -0.2) is 0 Å². The average Bonchev–Trinajstić information content (AvgIpc) is 3.29. The molecule has 6 nitrogen and oxygen atoms in total. The van der Waals surface area contributed by atoms with Crippen LogP contribution in [0, 0.1) is 13.8 Å². The van der Waals surface area contributed by atoms with Crippen LogP contribution in [-0.2, 0) is 9.59 Å². The molecular formula is C24H21NO5. The predicted molar refractivity (Wildman–Crippen MR) is 112 cm³/mol. The number of amides is 1. The topological polar surface area (TPSA) is 80.0 Å². The molecule has 0 spiro atoms. The molecule has 1 aliphatic heterocycles. The molecule has 0 aliphatic carbocycles. The van der Waals surface area contributed by atoms with Gasteiger partial charge >= 0.3 is 0 Å². The number of para-hydroxylation sites is 1. The summed E-state index contributed by atoms with van der Waals surface area (Å²) in [5, 5.41) is 11.0. The summed E-state index contributed by atoms with van der Waals surface area (Å²) in [4.78, 5) is 27.5. The number of methoxy groups -OCH3 is 1. The number of carbonyl (C=O) groups excluding carboxylic acids is 2. The van der Waals surface area contributed by atoms with Crippen LogP contribution in [0.5, 0.6) is 5.75 Å². The number of furan rings is 1. The highest BCUT2D eigenvalue weighted by atomic mass is 16.5. The van der Waals surface area contributed by atoms with Crippen molar-refractivity contribution in [1.82, 2.24) is 0 Å². The largest absolute Gasteiger partial charge is 0.507 e. The van der Waals surface area contributed by atoms with E-state index in [4.69, 9.17) is 9.15 Å². The fourth-order valence-corrected chi connectivity index (χ4v) is 3.69. The van der Waals surface area contributed by atoms with Gasteiger partial charge in [0.1, 0.15) is 29.1 Å². The van der Waals surface area contributed by atoms with Gasteiger partial charge in [0.15, 0.2) is 0 Å². The number of carbonyl (C=O) groups is 2. The minimum atomic E-state index is -0.873. The monoisotopic (exact) mass is 403 g/mol. The lowest BCUT2D eigenvalue weighted by Gasteiger charge is -2.24. The summed E-state index contributed by atoms with van der Waals surface area (Å²) in [6, 6.07) is 16.5. The van der Waals surface area contributed by atoms with Crippen molar-refractivity contribution in [2.45, 2.75) is 19.9 Å². The number of ketones is 1. The third kappa shape index (κ3) is 3.16. The highest BCUT2D eigenvalue weighted by molar-refractivity contribution is 6.51. The van der Waals surface area contributed by atoms with Gasteiger partial charge in [0.05, 0.1) is 12.7 Å². The summed E-state index contributed by atoms with van der Waals surface area (Å²) >= 11 is 0. The van der Waals surface area contributed by atoms with Crippen LogP contribution in [-0.4, -0.2) is 23.9 Å². The SMILES string of the molecule is COc1ccc(/C(O)=C2/C(=O)C(=O)N(c3ccccc3C)C2c2ccc(C)o2)cc1. The number of ether oxygens (including phenoxy) is 1. The highest BCUT2D eigenvalue weighted by Crippen LogP contribution is 2.43. The number of aryl methyl sites for hydroxylation is 2. The van der Waals surface area contributed by atoms with Gasteiger partial charge in [0, 0.05) is 11.3 Å². The summed E-state index contributed by atoms with van der Waals surface area (Å²) in [5.74, 6) is -0.0601. The maximum absolute atomic E-state index is 13.1. The van der Waals surface area contributed by atoms with Gasteiger partial charge in [0.25, 0.3) is 11.7 Å². The van der Waals surface area contributed by atoms with E-state index >= 15 is 0 Å². The molecule has 1 atom stereocenters. The van der Waals surface area contributed by atoms with Crippen LogP contribution in [0.3, 0.4) is 0 Å². The molecule has 6 heteroatoms. The van der Waals surface area contributed by atoms with E-state index in [2.05, 4.69) is 0 Å². The molecule has 0 radical (unpaired) electrons. The number of hydrogen-bond donors (Lipinski definition) is 1. The van der Waals surface area contributed by atoms with Gasteiger partial charge in [-0.15, -0.1) is 0 Å². The van der Waals surface area contributed by atoms with Gasteiger partial charge in [-0.3, -0.25) is 14.5 Å². The van der Waals surface area contributed by atoms with E-state index in [9.17, 15) is 14.7 Å². The lowest BCUT2D eigenvalue weighted by Crippen LogP contribution is -2.29. The second-order valence-electron chi connectivity index (χ2n) is 7.13. The number of aliphatic hydroxyl groups excluding tert-OH is 1. The molecule has 3 aromatic rings. The van der Waals surface area contributed by atoms with E-state index in [0.717, 1.165) is 5.56 Å². The standard InChI is InChI=1S/C24H21NO5/c1-14-6-4-5-7-18(14)25-21(19-13-8-15(2)30-19)20(23(27)24(25)28)22(26)16-9-11-17(29-3)12-10-16/h4-13,21,26H,1-3H3/b22-20-. The van der Waals surface area contributed by atoms with E-state index in [1.807, 2.05) is 19.1 Å². The molecular weight excluding hydrogens is 382 g/mol. The molecule has 152 valence electrons. The normalized spacial score (nSPS) is 18.1. The van der Waals surface area contributed by atoms with E-state index in [-0.39, 0.29) is 11.3 Å². The fraction of sp³-hybridized carbons (Fsp3) is 0.167. The molecule has 0 saturated carbocycles. The maximum Gasteiger partial charge on any atom is 0.300 e. The minimum Gasteiger partial charge on any atom is -0.507 e. The van der Waals surface area contributed by atoms with E-state index < -0.39 is 17.7 Å². The Kier molecular flexibility index (Phi) is 4.91. The van der Waals surface area contributed by atoms with Crippen LogP contribution in [0.4, 0.5) is 5.69 Å². The molecule has 1 unspecified atom stereocenters. The summed E-state index contributed by atoms with van der Waals surface area (Å²) in [7, 11) is 1.54. The molecule has 1 fully saturated rings. The number of anilines is 1. The Bertz CT molecular complexity index is 1160. The van der Waals surface area contributed by atoms with Gasteiger partial charge in [0.2, 0.25) is 0 Å². The Morgan fingerprint density at radius 1 is 1.00 bits per heavy atom. The zero-order chi connectivity index (χ0) is 21.4. The summed E-state index contributed by atoms with van der Waals surface area (Å²) in [6.45, 7) is 3.65. The number of nitrogens with zero attached hydrogens (tertiary/aromatic N) is 1. The molecule has 0 bridgehead atoms. The molecule has 2 heterocycles. The first-order valence-electron chi connectivity index (χ1n) is 9.49. The molecule has 1 aromatic heterocycles. The van der Waals surface area contributed by atoms with Crippen LogP contribution >= 0.6 is 0 Å². The van der Waals surface area contributed by atoms with Crippen LogP contribution in [0.15, 0.2) is 70.7 Å². The van der Waals surface area contributed by atoms with Crippen molar-refractivity contribution >= 4 is 23.1 Å². The Morgan fingerprint density at radius 3 is 2.30 bits per heavy atom. The molecule has 4 rings (SSSR count). The summed E-state index contributed by atoms with van der Waals surface area (Å²) in [6.07, 6.45) is 0. The molecule has 1 saturated heterocycles. The molecule has 1 amide bonds. The van der Waals surface area contributed by atoms with E-state index in [1.165, 1.54) is 4.90 Å². The zero-order valence-corrected chi connectivity index (χ0v) is 16.9. The number of hydrogen-bond acceptors (Lipinski definition) is 5. The maximum atomic E-state index is 13.1. The lowest BCUT2D eigenvalue weighted by atomic mass is 9.99. The summed E-state index contributed by atoms with van der Waals surface area (Å²) < 4.78 is 10.9. The molecule has 2 aromatic carbocycles. The van der Waals surface area contributed by atoms with Gasteiger partial charge in [-0.05, 0) is 61.9 Å². The highest BCUT2D eigenvalue weighted by Gasteiger charge is 2.48. The smallest absolute Gasteiger partial charge is 0.300 e. The second-order valence-corrected chi connectivity index (χ2v) is 7.13.